The average molecular weight is 305 g/mol. The number of phenols is 1. The quantitative estimate of drug-likeness (QED) is 0.559. The number of nitrogens with one attached hydrogen (secondary N) is 2. The van der Waals surface area contributed by atoms with Gasteiger partial charge in [0.2, 0.25) is 0 Å². The number of rotatable bonds is 2. The molecule has 1 aromatic carbocycles. The summed E-state index contributed by atoms with van der Waals surface area (Å²) in [5.41, 5.74) is 0.488. The van der Waals surface area contributed by atoms with Crippen LogP contribution < -0.4 is 10.6 Å². The Bertz CT molecular complexity index is 573. The maximum Gasteiger partial charge on any atom is 0.319 e. The Morgan fingerprint density at radius 1 is 1.26 bits per heavy atom. The predicted molar refractivity (Wildman–Crippen MR) is 72.3 cm³/mol. The van der Waals surface area contributed by atoms with Gasteiger partial charge in [0.1, 0.15) is 5.75 Å². The lowest BCUT2D eigenvalue weighted by Gasteiger charge is -2.15. The highest BCUT2D eigenvalue weighted by molar-refractivity contribution is 7.91. The Kier molecular flexibility index (Phi) is 3.86. The van der Waals surface area contributed by atoms with Crippen LogP contribution in [0.2, 0.25) is 0 Å². The van der Waals surface area contributed by atoms with E-state index in [2.05, 4.69) is 10.6 Å². The first-order chi connectivity index (χ1) is 8.85. The van der Waals surface area contributed by atoms with E-state index in [0.29, 0.717) is 5.69 Å². The number of hydrogen-bond acceptors (Lipinski definition) is 4. The van der Waals surface area contributed by atoms with Gasteiger partial charge in [0, 0.05) is 5.69 Å². The Labute approximate surface area is 115 Å². The van der Waals surface area contributed by atoms with E-state index in [1.807, 2.05) is 0 Å². The molecular weight excluding hydrogens is 292 g/mol. The van der Waals surface area contributed by atoms with E-state index in [0.717, 1.165) is 0 Å². The third kappa shape index (κ3) is 3.74. The maximum atomic E-state index is 11.7. The first-order valence-electron chi connectivity index (χ1n) is 5.57. The lowest BCUT2D eigenvalue weighted by molar-refractivity contribution is 0.249. The molecule has 1 fully saturated rings. The lowest BCUT2D eigenvalue weighted by atomic mass is 10.2. The molecule has 1 aliphatic heterocycles. The summed E-state index contributed by atoms with van der Waals surface area (Å²) in [6, 6.07) is 4.79. The second-order valence-corrected chi connectivity index (χ2v) is 7.06. The summed E-state index contributed by atoms with van der Waals surface area (Å²) in [6.45, 7) is 0. The zero-order valence-electron chi connectivity index (χ0n) is 9.84. The SMILES string of the molecule is O=C(Nc1ccc(O)cc1)NC1CS(=O)(=O)CC1Cl. The fourth-order valence-corrected chi connectivity index (χ4v) is 4.37. The summed E-state index contributed by atoms with van der Waals surface area (Å²) in [5, 5.41) is 13.5. The molecule has 2 rings (SSSR count). The van der Waals surface area contributed by atoms with E-state index in [4.69, 9.17) is 16.7 Å². The molecule has 0 saturated carbocycles. The number of alkyl halides is 1. The van der Waals surface area contributed by atoms with Crippen molar-refractivity contribution in [2.75, 3.05) is 16.8 Å². The Morgan fingerprint density at radius 3 is 2.42 bits per heavy atom. The van der Waals surface area contributed by atoms with E-state index in [9.17, 15) is 13.2 Å². The van der Waals surface area contributed by atoms with E-state index in [1.54, 1.807) is 0 Å². The summed E-state index contributed by atoms with van der Waals surface area (Å²) in [7, 11) is -3.18. The number of urea groups is 1. The normalized spacial score (nSPS) is 24.9. The van der Waals surface area contributed by atoms with Crippen LogP contribution in [0.5, 0.6) is 5.75 Å². The van der Waals surface area contributed by atoms with Gasteiger partial charge in [-0.05, 0) is 24.3 Å². The lowest BCUT2D eigenvalue weighted by Crippen LogP contribution is -2.42. The van der Waals surface area contributed by atoms with Gasteiger partial charge in [0.15, 0.2) is 9.84 Å². The summed E-state index contributed by atoms with van der Waals surface area (Å²) < 4.78 is 22.7. The summed E-state index contributed by atoms with van der Waals surface area (Å²) >= 11 is 5.88. The van der Waals surface area contributed by atoms with Crippen LogP contribution in [0.15, 0.2) is 24.3 Å². The Hall–Kier alpha value is -1.47. The molecule has 0 radical (unpaired) electrons. The maximum absolute atomic E-state index is 11.7. The minimum absolute atomic E-state index is 0.0914. The van der Waals surface area contributed by atoms with Crippen molar-refractivity contribution in [3.63, 3.8) is 0 Å². The number of phenolic OH excluding ortho intramolecular Hbond substituents is 1. The van der Waals surface area contributed by atoms with Gasteiger partial charge in [-0.3, -0.25) is 0 Å². The van der Waals surface area contributed by atoms with Gasteiger partial charge in [-0.2, -0.15) is 0 Å². The van der Waals surface area contributed by atoms with Gasteiger partial charge in [-0.1, -0.05) is 0 Å². The van der Waals surface area contributed by atoms with Crippen LogP contribution in [-0.2, 0) is 9.84 Å². The number of amides is 2. The van der Waals surface area contributed by atoms with Crippen molar-refractivity contribution in [3.05, 3.63) is 24.3 Å². The zero-order chi connectivity index (χ0) is 14.0. The summed E-state index contributed by atoms with van der Waals surface area (Å²) in [5.74, 6) is -0.184. The highest BCUT2D eigenvalue weighted by atomic mass is 35.5. The second kappa shape index (κ2) is 5.26. The minimum atomic E-state index is -3.18. The second-order valence-electron chi connectivity index (χ2n) is 4.34. The standard InChI is InChI=1S/C11H13ClN2O4S/c12-9-5-19(17,18)6-10(9)14-11(16)13-7-1-3-8(15)4-2-7/h1-4,9-10,15H,5-6H2,(H2,13,14,16). The zero-order valence-corrected chi connectivity index (χ0v) is 11.4. The molecule has 1 aromatic rings. The monoisotopic (exact) mass is 304 g/mol. The highest BCUT2D eigenvalue weighted by Gasteiger charge is 2.37. The fourth-order valence-electron chi connectivity index (χ4n) is 1.82. The van der Waals surface area contributed by atoms with Crippen molar-refractivity contribution >= 4 is 33.2 Å². The third-order valence-electron chi connectivity index (χ3n) is 2.72. The van der Waals surface area contributed by atoms with Gasteiger partial charge in [-0.25, -0.2) is 13.2 Å². The molecule has 19 heavy (non-hydrogen) atoms. The van der Waals surface area contributed by atoms with Crippen molar-refractivity contribution in [1.82, 2.24) is 5.32 Å². The fraction of sp³-hybridized carbons (Fsp3) is 0.364. The molecule has 1 heterocycles. The molecule has 1 aliphatic rings. The molecule has 3 N–H and O–H groups in total. The molecule has 2 amide bonds. The van der Waals surface area contributed by atoms with Crippen LogP contribution in [0.25, 0.3) is 0 Å². The molecule has 104 valence electrons. The van der Waals surface area contributed by atoms with Crippen molar-refractivity contribution in [3.8, 4) is 5.75 Å². The van der Waals surface area contributed by atoms with Crippen LogP contribution in [0.1, 0.15) is 0 Å². The van der Waals surface area contributed by atoms with Gasteiger partial charge < -0.3 is 15.7 Å². The predicted octanol–water partition coefficient (Wildman–Crippen LogP) is 0.918. The largest absolute Gasteiger partial charge is 0.508 e. The van der Waals surface area contributed by atoms with Crippen LogP contribution in [0.4, 0.5) is 10.5 Å². The molecule has 0 bridgehead atoms. The van der Waals surface area contributed by atoms with Gasteiger partial charge in [0.25, 0.3) is 0 Å². The number of hydrogen-bond donors (Lipinski definition) is 3. The first-order valence-corrected chi connectivity index (χ1v) is 7.82. The van der Waals surface area contributed by atoms with Crippen LogP contribution in [0, 0.1) is 0 Å². The number of carbonyl (C=O) groups excluding carboxylic acids is 1. The number of anilines is 1. The number of carbonyl (C=O) groups is 1. The topological polar surface area (TPSA) is 95.5 Å². The summed E-state index contributed by atoms with van der Waals surface area (Å²) in [4.78, 5) is 11.7. The third-order valence-corrected chi connectivity index (χ3v) is 5.10. The molecule has 0 aliphatic carbocycles. The van der Waals surface area contributed by atoms with E-state index in [-0.39, 0.29) is 17.3 Å². The van der Waals surface area contributed by atoms with Crippen molar-refractivity contribution in [1.29, 1.82) is 0 Å². The molecule has 2 atom stereocenters. The number of benzene rings is 1. The highest BCUT2D eigenvalue weighted by Crippen LogP contribution is 2.18. The molecule has 8 heteroatoms. The summed E-state index contributed by atoms with van der Waals surface area (Å²) in [6.07, 6.45) is 0. The molecular formula is C11H13ClN2O4S. The number of aromatic hydroxyl groups is 1. The van der Waals surface area contributed by atoms with E-state index >= 15 is 0 Å². The Balaban J connectivity index is 1.93. The number of sulfone groups is 1. The van der Waals surface area contributed by atoms with Crippen LogP contribution >= 0.6 is 11.6 Å². The molecule has 6 nitrogen and oxygen atoms in total. The Morgan fingerprint density at radius 2 is 1.89 bits per heavy atom. The molecule has 2 unspecified atom stereocenters. The molecule has 0 aromatic heterocycles. The smallest absolute Gasteiger partial charge is 0.319 e. The van der Waals surface area contributed by atoms with Crippen LogP contribution in [0.3, 0.4) is 0 Å². The van der Waals surface area contributed by atoms with Gasteiger partial charge >= 0.3 is 6.03 Å². The van der Waals surface area contributed by atoms with Gasteiger partial charge in [-0.15, -0.1) is 11.6 Å². The van der Waals surface area contributed by atoms with E-state index in [1.165, 1.54) is 24.3 Å². The minimum Gasteiger partial charge on any atom is -0.508 e. The van der Waals surface area contributed by atoms with Crippen LogP contribution in [-0.4, -0.2) is 42.5 Å². The molecule has 1 saturated heterocycles. The molecule has 0 spiro atoms. The number of halogens is 1. The van der Waals surface area contributed by atoms with Crippen molar-refractivity contribution in [2.24, 2.45) is 0 Å². The average Bonchev–Trinajstić information content (AvgIpc) is 2.55. The first kappa shape index (κ1) is 14.0. The van der Waals surface area contributed by atoms with Crippen molar-refractivity contribution < 1.29 is 18.3 Å². The van der Waals surface area contributed by atoms with Crippen molar-refractivity contribution in [2.45, 2.75) is 11.4 Å². The van der Waals surface area contributed by atoms with E-state index < -0.39 is 27.3 Å². The van der Waals surface area contributed by atoms with Gasteiger partial charge in [0.05, 0.1) is 22.9 Å².